The topological polar surface area (TPSA) is 58.3 Å². The molecule has 3 rings (SSSR count). The van der Waals surface area contributed by atoms with Crippen LogP contribution < -0.4 is 15.5 Å². The summed E-state index contributed by atoms with van der Waals surface area (Å²) in [6, 6.07) is 8.07. The lowest BCUT2D eigenvalue weighted by molar-refractivity contribution is 0.639. The fourth-order valence-corrected chi connectivity index (χ4v) is 2.98. The number of piperazine rings is 1. The van der Waals surface area contributed by atoms with E-state index in [-0.39, 0.29) is 0 Å². The maximum Gasteiger partial charge on any atom is 0.133 e. The number of nitrogens with zero attached hydrogens (tertiary/aromatic N) is 4. The van der Waals surface area contributed by atoms with E-state index in [2.05, 4.69) is 41.8 Å². The summed E-state index contributed by atoms with van der Waals surface area (Å²) in [6.07, 6.45) is 3.67. The zero-order valence-corrected chi connectivity index (χ0v) is 13.3. The highest BCUT2D eigenvalue weighted by Gasteiger charge is 2.20. The minimum Gasteiger partial charge on any atom is -0.353 e. The highest BCUT2D eigenvalue weighted by Crippen LogP contribution is 2.23. The number of pyridine rings is 2. The normalized spacial score (nSPS) is 15.3. The van der Waals surface area contributed by atoms with Crippen molar-refractivity contribution in [3.8, 4) is 0 Å². The molecule has 0 radical (unpaired) electrons. The fourth-order valence-electron chi connectivity index (χ4n) is 2.60. The van der Waals surface area contributed by atoms with Crippen LogP contribution in [-0.2, 0) is 6.54 Å². The number of nitrogens with two attached hydrogens (primary N) is 1. The van der Waals surface area contributed by atoms with Gasteiger partial charge < -0.3 is 15.5 Å². The SMILES string of the molecule is NCc1cc(Br)cnc1N1CCN(c2ccccn2)CC1. The first-order chi connectivity index (χ1) is 10.3. The summed E-state index contributed by atoms with van der Waals surface area (Å²) in [7, 11) is 0. The third-order valence-electron chi connectivity index (χ3n) is 3.68. The third kappa shape index (κ3) is 3.16. The van der Waals surface area contributed by atoms with Crippen molar-refractivity contribution in [2.75, 3.05) is 36.0 Å². The van der Waals surface area contributed by atoms with Gasteiger partial charge in [-0.1, -0.05) is 6.07 Å². The van der Waals surface area contributed by atoms with Gasteiger partial charge in [-0.25, -0.2) is 9.97 Å². The van der Waals surface area contributed by atoms with Crippen molar-refractivity contribution >= 4 is 27.6 Å². The van der Waals surface area contributed by atoms with Crippen LogP contribution in [0.25, 0.3) is 0 Å². The van der Waals surface area contributed by atoms with Gasteiger partial charge in [0.1, 0.15) is 11.6 Å². The Morgan fingerprint density at radius 2 is 1.86 bits per heavy atom. The summed E-state index contributed by atoms with van der Waals surface area (Å²) in [6.45, 7) is 4.25. The second-order valence-electron chi connectivity index (χ2n) is 5.00. The third-order valence-corrected chi connectivity index (χ3v) is 4.12. The number of aromatic nitrogens is 2. The average Bonchev–Trinajstić information content (AvgIpc) is 2.56. The second kappa shape index (κ2) is 6.41. The molecule has 3 heterocycles. The molecule has 0 bridgehead atoms. The summed E-state index contributed by atoms with van der Waals surface area (Å²) in [5.41, 5.74) is 6.92. The standard InChI is InChI=1S/C15H18BrN5/c16-13-9-12(10-17)15(19-11-13)21-7-5-20(6-8-21)14-3-1-2-4-18-14/h1-4,9,11H,5-8,10,17H2. The lowest BCUT2D eigenvalue weighted by atomic mass is 10.2. The molecule has 1 saturated heterocycles. The van der Waals surface area contributed by atoms with Gasteiger partial charge in [0.15, 0.2) is 0 Å². The van der Waals surface area contributed by atoms with Crippen LogP contribution in [0, 0.1) is 0 Å². The van der Waals surface area contributed by atoms with E-state index in [1.54, 1.807) is 0 Å². The predicted octanol–water partition coefficient (Wildman–Crippen LogP) is 2.02. The molecule has 0 unspecified atom stereocenters. The summed E-state index contributed by atoms with van der Waals surface area (Å²) in [5.74, 6) is 2.04. The number of rotatable bonds is 3. The molecule has 0 aliphatic carbocycles. The summed E-state index contributed by atoms with van der Waals surface area (Å²) >= 11 is 3.45. The van der Waals surface area contributed by atoms with Crippen molar-refractivity contribution in [2.45, 2.75) is 6.54 Å². The van der Waals surface area contributed by atoms with E-state index in [9.17, 15) is 0 Å². The lowest BCUT2D eigenvalue weighted by Crippen LogP contribution is -2.47. The molecule has 2 N–H and O–H groups in total. The Balaban J connectivity index is 1.71. The molecule has 21 heavy (non-hydrogen) atoms. The molecule has 0 aromatic carbocycles. The highest BCUT2D eigenvalue weighted by atomic mass is 79.9. The van der Waals surface area contributed by atoms with Gasteiger partial charge in [0.2, 0.25) is 0 Å². The van der Waals surface area contributed by atoms with E-state index in [0.29, 0.717) is 6.54 Å². The Labute approximate surface area is 132 Å². The van der Waals surface area contributed by atoms with E-state index < -0.39 is 0 Å². The minimum atomic E-state index is 0.502. The van der Waals surface area contributed by atoms with E-state index in [1.807, 2.05) is 30.6 Å². The van der Waals surface area contributed by atoms with E-state index >= 15 is 0 Å². The molecule has 6 heteroatoms. The van der Waals surface area contributed by atoms with Crippen LogP contribution in [0.3, 0.4) is 0 Å². The van der Waals surface area contributed by atoms with Crippen LogP contribution >= 0.6 is 15.9 Å². The Hall–Kier alpha value is -1.66. The van der Waals surface area contributed by atoms with Gasteiger partial charge >= 0.3 is 0 Å². The number of halogens is 1. The summed E-state index contributed by atoms with van der Waals surface area (Å²) < 4.78 is 0.971. The van der Waals surface area contributed by atoms with Crippen LogP contribution in [-0.4, -0.2) is 36.1 Å². The van der Waals surface area contributed by atoms with Crippen molar-refractivity contribution in [2.24, 2.45) is 5.73 Å². The number of hydrogen-bond acceptors (Lipinski definition) is 5. The van der Waals surface area contributed by atoms with Gasteiger partial charge in [-0.05, 0) is 34.1 Å². The van der Waals surface area contributed by atoms with Crippen LogP contribution in [0.15, 0.2) is 41.1 Å². The van der Waals surface area contributed by atoms with Gasteiger partial charge in [-0.15, -0.1) is 0 Å². The molecule has 0 saturated carbocycles. The first-order valence-corrected chi connectivity index (χ1v) is 7.82. The quantitative estimate of drug-likeness (QED) is 0.920. The Morgan fingerprint density at radius 1 is 1.10 bits per heavy atom. The van der Waals surface area contributed by atoms with Crippen molar-refractivity contribution in [1.29, 1.82) is 0 Å². The van der Waals surface area contributed by atoms with Gasteiger partial charge in [0, 0.05) is 55.2 Å². The van der Waals surface area contributed by atoms with Gasteiger partial charge in [-0.3, -0.25) is 0 Å². The smallest absolute Gasteiger partial charge is 0.133 e. The molecule has 0 atom stereocenters. The average molecular weight is 348 g/mol. The molecule has 0 amide bonds. The summed E-state index contributed by atoms with van der Waals surface area (Å²) in [4.78, 5) is 13.5. The predicted molar refractivity (Wildman–Crippen MR) is 88.5 cm³/mol. The summed E-state index contributed by atoms with van der Waals surface area (Å²) in [5, 5.41) is 0. The van der Waals surface area contributed by atoms with Crippen molar-refractivity contribution in [3.05, 3.63) is 46.7 Å². The van der Waals surface area contributed by atoms with Gasteiger partial charge in [0.25, 0.3) is 0 Å². The van der Waals surface area contributed by atoms with Crippen molar-refractivity contribution in [1.82, 2.24) is 9.97 Å². The largest absolute Gasteiger partial charge is 0.353 e. The molecule has 1 aliphatic rings. The zero-order chi connectivity index (χ0) is 14.7. The first kappa shape index (κ1) is 14.3. The monoisotopic (exact) mass is 347 g/mol. The molecule has 5 nitrogen and oxygen atoms in total. The minimum absolute atomic E-state index is 0.502. The maximum atomic E-state index is 5.84. The maximum absolute atomic E-state index is 5.84. The molecule has 1 aliphatic heterocycles. The van der Waals surface area contributed by atoms with Crippen molar-refractivity contribution < 1.29 is 0 Å². The first-order valence-electron chi connectivity index (χ1n) is 7.03. The zero-order valence-electron chi connectivity index (χ0n) is 11.7. The van der Waals surface area contributed by atoms with Crippen LogP contribution in [0.2, 0.25) is 0 Å². The van der Waals surface area contributed by atoms with Gasteiger partial charge in [0.05, 0.1) is 0 Å². The van der Waals surface area contributed by atoms with E-state index in [0.717, 1.165) is 47.9 Å². The lowest BCUT2D eigenvalue weighted by Gasteiger charge is -2.36. The van der Waals surface area contributed by atoms with Crippen LogP contribution in [0.4, 0.5) is 11.6 Å². The molecule has 110 valence electrons. The highest BCUT2D eigenvalue weighted by molar-refractivity contribution is 9.10. The van der Waals surface area contributed by atoms with E-state index in [1.165, 1.54) is 0 Å². The molecule has 2 aromatic rings. The van der Waals surface area contributed by atoms with Gasteiger partial charge in [-0.2, -0.15) is 0 Å². The van der Waals surface area contributed by atoms with Crippen LogP contribution in [0.5, 0.6) is 0 Å². The fraction of sp³-hybridized carbons (Fsp3) is 0.333. The Bertz CT molecular complexity index is 596. The molecular formula is C15H18BrN5. The second-order valence-corrected chi connectivity index (χ2v) is 5.92. The molecular weight excluding hydrogens is 330 g/mol. The number of hydrogen-bond donors (Lipinski definition) is 1. The van der Waals surface area contributed by atoms with Crippen molar-refractivity contribution in [3.63, 3.8) is 0 Å². The Morgan fingerprint density at radius 3 is 2.52 bits per heavy atom. The Kier molecular flexibility index (Phi) is 4.36. The molecule has 0 spiro atoms. The molecule has 2 aromatic heterocycles. The molecule has 1 fully saturated rings. The van der Waals surface area contributed by atoms with Crippen LogP contribution in [0.1, 0.15) is 5.56 Å². The van der Waals surface area contributed by atoms with E-state index in [4.69, 9.17) is 5.73 Å². The number of anilines is 2.